The molecule has 0 amide bonds. The van der Waals surface area contributed by atoms with Crippen LogP contribution in [0.15, 0.2) is 28.6 Å². The molecule has 0 saturated carbocycles. The summed E-state index contributed by atoms with van der Waals surface area (Å²) in [6.07, 6.45) is 2.75. The second-order valence-electron chi connectivity index (χ2n) is 5.59. The van der Waals surface area contributed by atoms with Crippen molar-refractivity contribution in [1.29, 1.82) is 0 Å². The topological polar surface area (TPSA) is 81.8 Å². The lowest BCUT2D eigenvalue weighted by molar-refractivity contribution is 0.297. The minimum Gasteiger partial charge on any atom is -0.490 e. The molecule has 0 saturated heterocycles. The predicted octanol–water partition coefficient (Wildman–Crippen LogP) is 2.97. The summed E-state index contributed by atoms with van der Waals surface area (Å²) in [5.41, 5.74) is 7.87. The van der Waals surface area contributed by atoms with Crippen LogP contribution in [-0.2, 0) is 6.42 Å². The van der Waals surface area contributed by atoms with Crippen molar-refractivity contribution in [2.45, 2.75) is 26.2 Å². The quantitative estimate of drug-likeness (QED) is 0.494. The fourth-order valence-corrected chi connectivity index (χ4v) is 3.19. The highest BCUT2D eigenvalue weighted by Crippen LogP contribution is 2.32. The molecular weight excluding hydrogens is 324 g/mol. The van der Waals surface area contributed by atoms with Crippen LogP contribution in [0, 0.1) is 6.92 Å². The van der Waals surface area contributed by atoms with Gasteiger partial charge in [-0.15, -0.1) is 11.3 Å². The fraction of sp³-hybridized carbons (Fsp3) is 0.412. The van der Waals surface area contributed by atoms with E-state index in [4.69, 9.17) is 15.2 Å². The van der Waals surface area contributed by atoms with Crippen LogP contribution in [0.2, 0.25) is 0 Å². The molecule has 0 spiro atoms. The van der Waals surface area contributed by atoms with Gasteiger partial charge in [-0.05, 0) is 25.5 Å². The minimum atomic E-state index is 0.403. The zero-order chi connectivity index (χ0) is 16.8. The monoisotopic (exact) mass is 346 g/mol. The fourth-order valence-electron chi connectivity index (χ4n) is 2.38. The molecule has 1 aliphatic heterocycles. The Kier molecular flexibility index (Phi) is 5.53. The number of anilines is 1. The predicted molar refractivity (Wildman–Crippen MR) is 97.3 cm³/mol. The standard InChI is InChI=1S/C17H22N4O2S/c1-12-11-24-16(20-12)4-2-7-19-17(18)21-13-5-6-14-15(10-13)23-9-3-8-22-14/h5-6,10-11H,2-4,7-9H2,1H3,(H3,18,19,21). The third-order valence-electron chi connectivity index (χ3n) is 3.52. The van der Waals surface area contributed by atoms with Crippen LogP contribution in [0.25, 0.3) is 0 Å². The maximum absolute atomic E-state index is 5.95. The summed E-state index contributed by atoms with van der Waals surface area (Å²) in [6.45, 7) is 4.02. The lowest BCUT2D eigenvalue weighted by Gasteiger charge is -2.10. The van der Waals surface area contributed by atoms with E-state index in [2.05, 4.69) is 20.7 Å². The summed E-state index contributed by atoms with van der Waals surface area (Å²) < 4.78 is 11.3. The van der Waals surface area contributed by atoms with E-state index in [-0.39, 0.29) is 0 Å². The third-order valence-corrected chi connectivity index (χ3v) is 4.54. The zero-order valence-corrected chi connectivity index (χ0v) is 14.6. The van der Waals surface area contributed by atoms with Crippen LogP contribution in [0.4, 0.5) is 5.69 Å². The highest BCUT2D eigenvalue weighted by molar-refractivity contribution is 7.09. The molecule has 1 aromatic heterocycles. The van der Waals surface area contributed by atoms with Crippen LogP contribution >= 0.6 is 11.3 Å². The minimum absolute atomic E-state index is 0.403. The van der Waals surface area contributed by atoms with Crippen molar-refractivity contribution in [2.24, 2.45) is 10.7 Å². The van der Waals surface area contributed by atoms with Crippen molar-refractivity contribution in [2.75, 3.05) is 25.1 Å². The summed E-state index contributed by atoms with van der Waals surface area (Å²) in [6, 6.07) is 5.69. The third kappa shape index (κ3) is 4.61. The number of aryl methyl sites for hydroxylation is 2. The molecule has 2 aromatic rings. The van der Waals surface area contributed by atoms with Gasteiger partial charge in [0.1, 0.15) is 0 Å². The summed E-state index contributed by atoms with van der Waals surface area (Å²) in [4.78, 5) is 8.80. The number of fused-ring (bicyclic) bond motifs is 1. The normalized spacial score (nSPS) is 14.3. The Balaban J connectivity index is 1.50. The number of aromatic nitrogens is 1. The second kappa shape index (κ2) is 8.01. The second-order valence-corrected chi connectivity index (χ2v) is 6.53. The SMILES string of the molecule is Cc1csc(CCCN=C(N)Nc2ccc3c(c2)OCCCO3)n1. The molecule has 1 aliphatic rings. The van der Waals surface area contributed by atoms with Gasteiger partial charge < -0.3 is 20.5 Å². The van der Waals surface area contributed by atoms with E-state index in [0.29, 0.717) is 25.7 Å². The Hall–Kier alpha value is -2.28. The molecule has 7 heteroatoms. The van der Waals surface area contributed by atoms with Crippen molar-refractivity contribution < 1.29 is 9.47 Å². The van der Waals surface area contributed by atoms with E-state index < -0.39 is 0 Å². The van der Waals surface area contributed by atoms with Gasteiger partial charge in [-0.25, -0.2) is 4.98 Å². The lowest BCUT2D eigenvalue weighted by Crippen LogP contribution is -2.22. The van der Waals surface area contributed by atoms with Gasteiger partial charge >= 0.3 is 0 Å². The Bertz CT molecular complexity index is 714. The molecule has 6 nitrogen and oxygen atoms in total. The van der Waals surface area contributed by atoms with Crippen LogP contribution in [-0.4, -0.2) is 30.7 Å². The number of hydrogen-bond donors (Lipinski definition) is 2. The largest absolute Gasteiger partial charge is 0.490 e. The molecule has 0 aliphatic carbocycles. The van der Waals surface area contributed by atoms with Crippen LogP contribution in [0.5, 0.6) is 11.5 Å². The van der Waals surface area contributed by atoms with E-state index in [1.54, 1.807) is 11.3 Å². The van der Waals surface area contributed by atoms with Gasteiger partial charge in [0.2, 0.25) is 0 Å². The molecule has 3 rings (SSSR count). The zero-order valence-electron chi connectivity index (χ0n) is 13.7. The first-order valence-electron chi connectivity index (χ1n) is 8.08. The maximum atomic E-state index is 5.95. The van der Waals surface area contributed by atoms with E-state index in [1.807, 2.05) is 25.1 Å². The highest BCUT2D eigenvalue weighted by Gasteiger charge is 2.10. The summed E-state index contributed by atoms with van der Waals surface area (Å²) in [5, 5.41) is 6.31. The molecule has 1 aromatic carbocycles. The first-order valence-corrected chi connectivity index (χ1v) is 8.96. The van der Waals surface area contributed by atoms with Crippen molar-refractivity contribution in [3.05, 3.63) is 34.3 Å². The summed E-state index contributed by atoms with van der Waals surface area (Å²) in [5.74, 6) is 1.91. The van der Waals surface area contributed by atoms with Gasteiger partial charge in [0, 0.05) is 42.2 Å². The molecule has 0 fully saturated rings. The van der Waals surface area contributed by atoms with Gasteiger partial charge in [0.15, 0.2) is 17.5 Å². The lowest BCUT2D eigenvalue weighted by atomic mass is 10.3. The number of ether oxygens (including phenoxy) is 2. The molecule has 3 N–H and O–H groups in total. The Labute approximate surface area is 145 Å². The van der Waals surface area contributed by atoms with Crippen molar-refractivity contribution >= 4 is 23.0 Å². The molecule has 2 heterocycles. The average Bonchev–Trinajstić information content (AvgIpc) is 2.84. The maximum Gasteiger partial charge on any atom is 0.193 e. The van der Waals surface area contributed by atoms with Crippen LogP contribution < -0.4 is 20.5 Å². The van der Waals surface area contributed by atoms with Gasteiger partial charge in [0.05, 0.1) is 18.2 Å². The molecular formula is C17H22N4O2S. The van der Waals surface area contributed by atoms with E-state index in [9.17, 15) is 0 Å². The summed E-state index contributed by atoms with van der Waals surface area (Å²) in [7, 11) is 0. The van der Waals surface area contributed by atoms with Crippen molar-refractivity contribution in [3.8, 4) is 11.5 Å². The van der Waals surface area contributed by atoms with Crippen LogP contribution in [0.1, 0.15) is 23.5 Å². The number of rotatable bonds is 5. The number of aliphatic imine (C=N–C) groups is 1. The number of benzene rings is 1. The van der Waals surface area contributed by atoms with Gasteiger partial charge in [-0.1, -0.05) is 0 Å². The van der Waals surface area contributed by atoms with Gasteiger partial charge in [-0.3, -0.25) is 4.99 Å². The number of nitrogens with two attached hydrogens (primary N) is 1. The molecule has 128 valence electrons. The Morgan fingerprint density at radius 2 is 2.17 bits per heavy atom. The van der Waals surface area contributed by atoms with Crippen molar-refractivity contribution in [3.63, 3.8) is 0 Å². The number of nitrogens with one attached hydrogen (secondary N) is 1. The Morgan fingerprint density at radius 3 is 2.96 bits per heavy atom. The van der Waals surface area contributed by atoms with Gasteiger partial charge in [0.25, 0.3) is 0 Å². The first-order chi connectivity index (χ1) is 11.7. The molecule has 0 unspecified atom stereocenters. The molecule has 0 radical (unpaired) electrons. The molecule has 24 heavy (non-hydrogen) atoms. The number of hydrogen-bond acceptors (Lipinski definition) is 5. The van der Waals surface area contributed by atoms with Crippen LogP contribution in [0.3, 0.4) is 0 Å². The molecule has 0 bridgehead atoms. The van der Waals surface area contributed by atoms with Gasteiger partial charge in [-0.2, -0.15) is 0 Å². The van der Waals surface area contributed by atoms with E-state index in [0.717, 1.165) is 47.2 Å². The Morgan fingerprint density at radius 1 is 1.33 bits per heavy atom. The number of guanidine groups is 1. The van der Waals surface area contributed by atoms with E-state index >= 15 is 0 Å². The van der Waals surface area contributed by atoms with E-state index in [1.165, 1.54) is 0 Å². The highest BCUT2D eigenvalue weighted by atomic mass is 32.1. The summed E-state index contributed by atoms with van der Waals surface area (Å²) >= 11 is 1.69. The molecule has 0 atom stereocenters. The number of nitrogens with zero attached hydrogens (tertiary/aromatic N) is 2. The first kappa shape index (κ1) is 16.6. The van der Waals surface area contributed by atoms with Crippen molar-refractivity contribution in [1.82, 2.24) is 4.98 Å². The number of thiazole rings is 1. The smallest absolute Gasteiger partial charge is 0.193 e. The average molecular weight is 346 g/mol.